The lowest BCUT2D eigenvalue weighted by atomic mass is 10.1. The number of guanidine groups is 1. The van der Waals surface area contributed by atoms with Crippen molar-refractivity contribution in [3.63, 3.8) is 0 Å². The van der Waals surface area contributed by atoms with E-state index in [1.54, 1.807) is 7.05 Å². The largest absolute Gasteiger partial charge is 0.416 e. The van der Waals surface area contributed by atoms with E-state index in [4.69, 9.17) is 0 Å². The van der Waals surface area contributed by atoms with E-state index in [-0.39, 0.29) is 24.5 Å². The number of amides is 3. The lowest BCUT2D eigenvalue weighted by Gasteiger charge is -2.34. The van der Waals surface area contributed by atoms with Gasteiger partial charge in [-0.2, -0.15) is 0 Å². The molecule has 1 aromatic carbocycles. The Hall–Kier alpha value is -3.03. The second-order valence-corrected chi connectivity index (χ2v) is 7.77. The van der Waals surface area contributed by atoms with E-state index in [9.17, 15) is 9.59 Å². The zero-order valence-corrected chi connectivity index (χ0v) is 16.9. The van der Waals surface area contributed by atoms with Crippen LogP contribution in [0.25, 0.3) is 0 Å². The Morgan fingerprint density at radius 3 is 2.61 bits per heavy atom. The SMILES string of the molecule is CC1=NN(C(C)C)C2=[N+](C1)C1C(=O)N(Cc3ccccc3C)C(=O)N(C)C1=N2. The van der Waals surface area contributed by atoms with Crippen molar-refractivity contribution in [2.45, 2.75) is 46.3 Å². The molecule has 0 spiro atoms. The summed E-state index contributed by atoms with van der Waals surface area (Å²) in [6.07, 6.45) is 0. The Balaban J connectivity index is 1.72. The number of aryl methyl sites for hydroxylation is 1. The number of imide groups is 1. The van der Waals surface area contributed by atoms with E-state index >= 15 is 0 Å². The number of hydrazone groups is 1. The molecule has 1 atom stereocenters. The number of carbonyl (C=O) groups is 2. The molecule has 8 nitrogen and oxygen atoms in total. The highest BCUT2D eigenvalue weighted by Gasteiger charge is 2.54. The van der Waals surface area contributed by atoms with Gasteiger partial charge in [0.25, 0.3) is 5.91 Å². The summed E-state index contributed by atoms with van der Waals surface area (Å²) in [5.74, 6) is 0.867. The number of urea groups is 1. The highest BCUT2D eigenvalue weighted by molar-refractivity contribution is 6.23. The molecule has 1 unspecified atom stereocenters. The normalized spacial score (nSPS) is 21.9. The van der Waals surface area contributed by atoms with Gasteiger partial charge in [-0.1, -0.05) is 29.3 Å². The van der Waals surface area contributed by atoms with Crippen molar-refractivity contribution in [3.8, 4) is 0 Å². The third-order valence-corrected chi connectivity index (χ3v) is 5.35. The van der Waals surface area contributed by atoms with Crippen LogP contribution < -0.4 is 0 Å². The first kappa shape index (κ1) is 18.3. The predicted octanol–water partition coefficient (Wildman–Crippen LogP) is 1.64. The smallest absolute Gasteiger partial charge is 0.270 e. The molecule has 1 fully saturated rings. The van der Waals surface area contributed by atoms with E-state index in [1.807, 2.05) is 61.5 Å². The number of benzene rings is 1. The van der Waals surface area contributed by atoms with Crippen LogP contribution in [-0.4, -0.2) is 74.5 Å². The summed E-state index contributed by atoms with van der Waals surface area (Å²) < 4.78 is 1.95. The van der Waals surface area contributed by atoms with Crippen LogP contribution in [0.15, 0.2) is 34.4 Å². The molecule has 1 saturated heterocycles. The first-order chi connectivity index (χ1) is 13.3. The molecule has 8 heteroatoms. The number of carbonyl (C=O) groups excluding carboxylic acids is 2. The summed E-state index contributed by atoms with van der Waals surface area (Å²) in [6.45, 7) is 8.74. The Bertz CT molecular complexity index is 961. The van der Waals surface area contributed by atoms with Crippen LogP contribution in [0, 0.1) is 6.92 Å². The van der Waals surface area contributed by atoms with Crippen molar-refractivity contribution >= 4 is 29.4 Å². The molecule has 3 amide bonds. The second-order valence-electron chi connectivity index (χ2n) is 7.77. The Labute approximate surface area is 164 Å². The first-order valence-corrected chi connectivity index (χ1v) is 9.48. The fourth-order valence-corrected chi connectivity index (χ4v) is 3.81. The van der Waals surface area contributed by atoms with Crippen molar-refractivity contribution < 1.29 is 14.2 Å². The summed E-state index contributed by atoms with van der Waals surface area (Å²) in [7, 11) is 1.68. The summed E-state index contributed by atoms with van der Waals surface area (Å²) >= 11 is 0. The monoisotopic (exact) mass is 381 g/mol. The van der Waals surface area contributed by atoms with Gasteiger partial charge in [0.05, 0.1) is 18.3 Å². The third-order valence-electron chi connectivity index (χ3n) is 5.35. The third kappa shape index (κ3) is 2.71. The summed E-state index contributed by atoms with van der Waals surface area (Å²) in [6, 6.07) is 6.94. The Morgan fingerprint density at radius 1 is 1.21 bits per heavy atom. The molecular formula is C20H25N6O2+. The minimum absolute atomic E-state index is 0.0939. The number of rotatable bonds is 3. The number of hydrogen-bond acceptors (Lipinski definition) is 5. The van der Waals surface area contributed by atoms with Gasteiger partial charge in [-0.25, -0.2) is 9.37 Å². The standard InChI is InChI=1S/C20H25N6O2/c1-12(2)26-19-21-17-16(24(19)10-14(4)22-26)18(27)25(20(28)23(17)5)11-15-9-7-6-8-13(15)3/h6-9,12,16H,10-11H2,1-5H3/q+1. The molecule has 0 N–H and O–H groups in total. The molecule has 3 heterocycles. The van der Waals surface area contributed by atoms with Gasteiger partial charge in [-0.15, -0.1) is 10.1 Å². The molecule has 4 rings (SSSR count). The maximum Gasteiger partial charge on any atom is 0.416 e. The average Bonchev–Trinajstić information content (AvgIpc) is 3.03. The quantitative estimate of drug-likeness (QED) is 0.748. The molecule has 0 bridgehead atoms. The fourth-order valence-electron chi connectivity index (χ4n) is 3.81. The fraction of sp³-hybridized carbons (Fsp3) is 0.450. The molecule has 3 aliphatic heterocycles. The summed E-state index contributed by atoms with van der Waals surface area (Å²) in [5.41, 5.74) is 2.92. The van der Waals surface area contributed by atoms with E-state index in [2.05, 4.69) is 10.1 Å². The van der Waals surface area contributed by atoms with Crippen LogP contribution in [0.2, 0.25) is 0 Å². The molecule has 146 valence electrons. The van der Waals surface area contributed by atoms with E-state index in [0.717, 1.165) is 16.8 Å². The second kappa shape index (κ2) is 6.54. The molecular weight excluding hydrogens is 356 g/mol. The van der Waals surface area contributed by atoms with Crippen molar-refractivity contribution in [1.29, 1.82) is 0 Å². The van der Waals surface area contributed by atoms with E-state index in [1.165, 1.54) is 9.80 Å². The molecule has 0 saturated carbocycles. The van der Waals surface area contributed by atoms with Crippen LogP contribution in [-0.2, 0) is 11.3 Å². The molecule has 0 aliphatic carbocycles. The first-order valence-electron chi connectivity index (χ1n) is 9.48. The Kier molecular flexibility index (Phi) is 4.28. The van der Waals surface area contributed by atoms with Crippen LogP contribution in [0.3, 0.4) is 0 Å². The van der Waals surface area contributed by atoms with Crippen LogP contribution in [0.1, 0.15) is 31.9 Å². The predicted molar refractivity (Wildman–Crippen MR) is 106 cm³/mol. The Morgan fingerprint density at radius 2 is 1.93 bits per heavy atom. The van der Waals surface area contributed by atoms with Crippen molar-refractivity contribution in [1.82, 2.24) is 14.8 Å². The summed E-state index contributed by atoms with van der Waals surface area (Å²) in [5, 5.41) is 6.41. The van der Waals surface area contributed by atoms with Gasteiger partial charge < -0.3 is 0 Å². The number of fused-ring (bicyclic) bond motifs is 2. The zero-order valence-electron chi connectivity index (χ0n) is 16.9. The maximum absolute atomic E-state index is 13.4. The maximum atomic E-state index is 13.4. The number of likely N-dealkylation sites (N-methyl/N-ethyl adjacent to an activating group) is 1. The number of amidine groups is 1. The van der Waals surface area contributed by atoms with Gasteiger partial charge in [-0.3, -0.25) is 14.6 Å². The highest BCUT2D eigenvalue weighted by Crippen LogP contribution is 2.25. The van der Waals surface area contributed by atoms with Gasteiger partial charge >= 0.3 is 12.0 Å². The molecule has 3 aliphatic rings. The minimum atomic E-state index is -0.603. The van der Waals surface area contributed by atoms with E-state index < -0.39 is 6.04 Å². The van der Waals surface area contributed by atoms with Crippen LogP contribution in [0.5, 0.6) is 0 Å². The molecule has 1 aromatic rings. The van der Waals surface area contributed by atoms with Gasteiger partial charge in [0.1, 0.15) is 6.54 Å². The lowest BCUT2D eigenvalue weighted by molar-refractivity contribution is -0.528. The van der Waals surface area contributed by atoms with Gasteiger partial charge in [-0.05, 0) is 38.8 Å². The average molecular weight is 381 g/mol. The highest BCUT2D eigenvalue weighted by atomic mass is 16.2. The van der Waals surface area contributed by atoms with Crippen molar-refractivity contribution in [2.75, 3.05) is 13.6 Å². The number of hydrogen-bond donors (Lipinski definition) is 0. The molecule has 0 aromatic heterocycles. The molecule has 0 radical (unpaired) electrons. The number of aliphatic imine (C=N–C) groups is 1. The number of nitrogens with zero attached hydrogens (tertiary/aromatic N) is 6. The summed E-state index contributed by atoms with van der Waals surface area (Å²) in [4.78, 5) is 33.8. The lowest BCUT2D eigenvalue weighted by Crippen LogP contribution is -2.63. The topological polar surface area (TPSA) is 71.6 Å². The van der Waals surface area contributed by atoms with Crippen LogP contribution >= 0.6 is 0 Å². The zero-order chi connectivity index (χ0) is 20.2. The minimum Gasteiger partial charge on any atom is -0.270 e. The van der Waals surface area contributed by atoms with Gasteiger partial charge in [0, 0.05) is 7.05 Å². The van der Waals surface area contributed by atoms with E-state index in [0.29, 0.717) is 18.3 Å². The van der Waals surface area contributed by atoms with Crippen molar-refractivity contribution in [2.24, 2.45) is 10.1 Å². The van der Waals surface area contributed by atoms with Gasteiger partial charge in [0.2, 0.25) is 11.9 Å². The van der Waals surface area contributed by atoms with Crippen LogP contribution in [0.4, 0.5) is 4.79 Å². The van der Waals surface area contributed by atoms with Crippen molar-refractivity contribution in [3.05, 3.63) is 35.4 Å². The molecule has 28 heavy (non-hydrogen) atoms. The van der Waals surface area contributed by atoms with Gasteiger partial charge in [0.15, 0.2) is 0 Å².